The van der Waals surface area contributed by atoms with Gasteiger partial charge in [0, 0.05) is 12.3 Å². The molecule has 3 nitrogen and oxygen atoms in total. The van der Waals surface area contributed by atoms with Gasteiger partial charge in [-0.15, -0.1) is 0 Å². The van der Waals surface area contributed by atoms with Crippen LogP contribution in [0.15, 0.2) is 0 Å². The molecule has 0 aromatic heterocycles. The molecule has 2 rings (SSSR count). The summed E-state index contributed by atoms with van der Waals surface area (Å²) in [4.78, 5) is 22.2. The molecule has 0 spiro atoms. The molecule has 4 atom stereocenters. The molecule has 4 unspecified atom stereocenters. The molecule has 2 aliphatic carbocycles. The Balaban J connectivity index is 1.67. The van der Waals surface area contributed by atoms with Crippen molar-refractivity contribution >= 4 is 11.8 Å². The average Bonchev–Trinajstić information content (AvgIpc) is 2.93. The number of carboxylic acid groups (broad SMARTS) is 1. The van der Waals surface area contributed by atoms with Gasteiger partial charge in [-0.25, -0.2) is 0 Å². The quantitative estimate of drug-likeness (QED) is 0.682. The minimum absolute atomic E-state index is 0.296. The summed E-state index contributed by atoms with van der Waals surface area (Å²) in [6.07, 6.45) is 9.45. The number of carbonyl (C=O) groups is 2. The number of carbonyl (C=O) groups excluding carboxylic acids is 1. The van der Waals surface area contributed by atoms with E-state index < -0.39 is 5.97 Å². The first kappa shape index (κ1) is 14.5. The van der Waals surface area contributed by atoms with E-state index >= 15 is 0 Å². The molecule has 0 amide bonds. The van der Waals surface area contributed by atoms with E-state index in [-0.39, 0.29) is 0 Å². The lowest BCUT2D eigenvalue weighted by Crippen LogP contribution is -2.28. The average molecular weight is 266 g/mol. The van der Waals surface area contributed by atoms with Crippen molar-refractivity contribution in [3.8, 4) is 0 Å². The van der Waals surface area contributed by atoms with Crippen molar-refractivity contribution in [3.63, 3.8) is 0 Å². The second-order valence-electron chi connectivity index (χ2n) is 6.48. The second kappa shape index (κ2) is 6.53. The molecule has 3 heteroatoms. The van der Waals surface area contributed by atoms with Crippen LogP contribution in [0.4, 0.5) is 0 Å². The fraction of sp³-hybridized carbons (Fsp3) is 0.875. The zero-order valence-corrected chi connectivity index (χ0v) is 11.9. The van der Waals surface area contributed by atoms with Gasteiger partial charge in [0.2, 0.25) is 0 Å². The van der Waals surface area contributed by atoms with Gasteiger partial charge in [0.15, 0.2) is 0 Å². The lowest BCUT2D eigenvalue weighted by Gasteiger charge is -2.29. The molecule has 0 aromatic rings. The number of hydrogen-bond acceptors (Lipinski definition) is 2. The van der Waals surface area contributed by atoms with E-state index in [1.165, 1.54) is 25.7 Å². The van der Waals surface area contributed by atoms with Crippen molar-refractivity contribution in [3.05, 3.63) is 0 Å². The molecule has 108 valence electrons. The van der Waals surface area contributed by atoms with Crippen LogP contribution in [0.25, 0.3) is 0 Å². The fourth-order valence-corrected chi connectivity index (χ4v) is 4.47. The molecular formula is C16H26O3. The van der Waals surface area contributed by atoms with Gasteiger partial charge in [0.25, 0.3) is 0 Å². The van der Waals surface area contributed by atoms with E-state index in [1.54, 1.807) is 6.92 Å². The second-order valence-corrected chi connectivity index (χ2v) is 6.48. The minimum atomic E-state index is -0.690. The van der Waals surface area contributed by atoms with Crippen LogP contribution in [0.2, 0.25) is 0 Å². The first-order chi connectivity index (χ1) is 9.09. The Morgan fingerprint density at radius 2 is 1.74 bits per heavy atom. The number of carboxylic acids is 1. The molecule has 2 saturated carbocycles. The van der Waals surface area contributed by atoms with Gasteiger partial charge in [-0.3, -0.25) is 9.59 Å². The van der Waals surface area contributed by atoms with Gasteiger partial charge in [-0.05, 0) is 56.8 Å². The van der Waals surface area contributed by atoms with Crippen molar-refractivity contribution in [2.75, 3.05) is 0 Å². The molecule has 0 saturated heterocycles. The molecule has 0 radical (unpaired) electrons. The Morgan fingerprint density at radius 1 is 1.05 bits per heavy atom. The van der Waals surface area contributed by atoms with Gasteiger partial charge in [-0.1, -0.05) is 19.3 Å². The van der Waals surface area contributed by atoms with Crippen LogP contribution < -0.4 is 0 Å². The third-order valence-corrected chi connectivity index (χ3v) is 5.24. The van der Waals surface area contributed by atoms with E-state index in [0.717, 1.165) is 31.6 Å². The van der Waals surface area contributed by atoms with Crippen LogP contribution in [-0.4, -0.2) is 16.9 Å². The van der Waals surface area contributed by atoms with Crippen LogP contribution >= 0.6 is 0 Å². The van der Waals surface area contributed by atoms with Crippen LogP contribution in [0, 0.1) is 23.7 Å². The number of aliphatic carboxylic acids is 1. The third-order valence-electron chi connectivity index (χ3n) is 5.24. The zero-order chi connectivity index (χ0) is 13.8. The first-order valence-corrected chi connectivity index (χ1v) is 7.82. The van der Waals surface area contributed by atoms with Crippen LogP contribution in [0.5, 0.6) is 0 Å². The molecule has 2 aliphatic rings. The number of rotatable bonds is 8. The van der Waals surface area contributed by atoms with E-state index in [0.29, 0.717) is 30.0 Å². The van der Waals surface area contributed by atoms with E-state index in [9.17, 15) is 9.59 Å². The summed E-state index contributed by atoms with van der Waals surface area (Å²) < 4.78 is 0. The highest BCUT2D eigenvalue weighted by molar-refractivity contribution is 5.79. The maximum Gasteiger partial charge on any atom is 0.303 e. The number of unbranched alkanes of at least 4 members (excludes halogenated alkanes) is 3. The van der Waals surface area contributed by atoms with Crippen LogP contribution in [0.1, 0.15) is 64.7 Å². The highest BCUT2D eigenvalue weighted by Gasteiger charge is 2.48. The molecule has 1 N–H and O–H groups in total. The van der Waals surface area contributed by atoms with Gasteiger partial charge in [-0.2, -0.15) is 0 Å². The standard InChI is InChI=1S/C16H26O3/c1-11(17)16-13-9-8-12(10-13)14(16)6-4-2-3-5-7-15(18)19/h12-14,16H,2-10H2,1H3,(H,18,19). The molecule has 2 fully saturated rings. The highest BCUT2D eigenvalue weighted by Crippen LogP contribution is 2.54. The maximum atomic E-state index is 11.8. The topological polar surface area (TPSA) is 54.4 Å². The maximum absolute atomic E-state index is 11.8. The van der Waals surface area contributed by atoms with Gasteiger partial charge >= 0.3 is 5.97 Å². The zero-order valence-electron chi connectivity index (χ0n) is 11.9. The van der Waals surface area contributed by atoms with E-state index in [1.807, 2.05) is 0 Å². The van der Waals surface area contributed by atoms with E-state index in [2.05, 4.69) is 0 Å². The monoisotopic (exact) mass is 266 g/mol. The molecular weight excluding hydrogens is 240 g/mol. The molecule has 19 heavy (non-hydrogen) atoms. The minimum Gasteiger partial charge on any atom is -0.481 e. The number of ketones is 1. The number of Topliss-reactive ketones (excluding diaryl/α,β-unsaturated/α-hetero) is 1. The Bertz CT molecular complexity index is 337. The van der Waals surface area contributed by atoms with Crippen molar-refractivity contribution in [2.24, 2.45) is 23.7 Å². The van der Waals surface area contributed by atoms with Crippen molar-refractivity contribution in [2.45, 2.75) is 64.7 Å². The summed E-state index contributed by atoms with van der Waals surface area (Å²) in [7, 11) is 0. The Morgan fingerprint density at radius 3 is 2.42 bits per heavy atom. The van der Waals surface area contributed by atoms with Crippen LogP contribution in [-0.2, 0) is 9.59 Å². The fourth-order valence-electron chi connectivity index (χ4n) is 4.47. The number of hydrogen-bond donors (Lipinski definition) is 1. The summed E-state index contributed by atoms with van der Waals surface area (Å²) in [5, 5.41) is 8.57. The third kappa shape index (κ3) is 3.58. The van der Waals surface area contributed by atoms with Gasteiger partial charge in [0.05, 0.1) is 0 Å². The predicted octanol–water partition coefficient (Wildman–Crippen LogP) is 3.66. The first-order valence-electron chi connectivity index (χ1n) is 7.82. The molecule has 0 aliphatic heterocycles. The lowest BCUT2D eigenvalue weighted by molar-refractivity contribution is -0.137. The Kier molecular flexibility index (Phi) is 5.00. The van der Waals surface area contributed by atoms with Crippen molar-refractivity contribution < 1.29 is 14.7 Å². The highest BCUT2D eigenvalue weighted by atomic mass is 16.4. The summed E-state index contributed by atoms with van der Waals surface area (Å²) in [5.74, 6) is 2.18. The largest absolute Gasteiger partial charge is 0.481 e. The molecule has 2 bridgehead atoms. The number of fused-ring (bicyclic) bond motifs is 2. The van der Waals surface area contributed by atoms with Crippen LogP contribution in [0.3, 0.4) is 0 Å². The van der Waals surface area contributed by atoms with Crippen molar-refractivity contribution in [1.82, 2.24) is 0 Å². The molecule has 0 aromatic carbocycles. The predicted molar refractivity (Wildman–Crippen MR) is 73.8 cm³/mol. The smallest absolute Gasteiger partial charge is 0.303 e. The summed E-state index contributed by atoms with van der Waals surface area (Å²) in [6, 6.07) is 0. The van der Waals surface area contributed by atoms with Gasteiger partial charge < -0.3 is 5.11 Å². The van der Waals surface area contributed by atoms with Crippen molar-refractivity contribution in [1.29, 1.82) is 0 Å². The Labute approximate surface area is 115 Å². The molecule has 0 heterocycles. The summed E-state index contributed by atoms with van der Waals surface area (Å²) in [6.45, 7) is 1.77. The lowest BCUT2D eigenvalue weighted by atomic mass is 9.75. The summed E-state index contributed by atoms with van der Waals surface area (Å²) >= 11 is 0. The Hall–Kier alpha value is -0.860. The SMILES string of the molecule is CC(=O)C1C2CCC(C2)C1CCCCCCC(=O)O. The summed E-state index contributed by atoms with van der Waals surface area (Å²) in [5.41, 5.74) is 0. The van der Waals surface area contributed by atoms with Gasteiger partial charge in [0.1, 0.15) is 5.78 Å². The normalized spacial score (nSPS) is 32.7. The van der Waals surface area contributed by atoms with E-state index in [4.69, 9.17) is 5.11 Å².